The number of hydrogen-bond donors (Lipinski definition) is 3. The fourth-order valence-electron chi connectivity index (χ4n) is 1.61. The van der Waals surface area contributed by atoms with Crippen molar-refractivity contribution in [3.63, 3.8) is 0 Å². The van der Waals surface area contributed by atoms with Crippen LogP contribution in [-0.2, 0) is 23.0 Å². The molecule has 1 heterocycles. The maximum Gasteiger partial charge on any atom is 0.315 e. The van der Waals surface area contributed by atoms with Gasteiger partial charge >= 0.3 is 6.03 Å². The Morgan fingerprint density at radius 3 is 2.62 bits per heavy atom. The molecule has 0 aromatic carbocycles. The van der Waals surface area contributed by atoms with Gasteiger partial charge in [0.1, 0.15) is 0 Å². The van der Waals surface area contributed by atoms with Crippen molar-refractivity contribution in [2.45, 2.75) is 33.2 Å². The molecule has 7 nitrogen and oxygen atoms in total. The van der Waals surface area contributed by atoms with Gasteiger partial charge in [-0.25, -0.2) is 22.9 Å². The molecule has 120 valence electrons. The molecule has 0 saturated heterocycles. The van der Waals surface area contributed by atoms with Gasteiger partial charge in [0.15, 0.2) is 0 Å². The summed E-state index contributed by atoms with van der Waals surface area (Å²) in [5.74, 6) is 0. The molecule has 1 aromatic rings. The Hall–Kier alpha value is -1.19. The van der Waals surface area contributed by atoms with Gasteiger partial charge in [0.2, 0.25) is 10.0 Å². The molecule has 0 spiro atoms. The zero-order chi connectivity index (χ0) is 15.9. The lowest BCUT2D eigenvalue weighted by atomic mass is 10.3. The average molecular weight is 334 g/mol. The number of urea groups is 1. The molecule has 0 radical (unpaired) electrons. The second-order valence-corrected chi connectivity index (χ2v) is 7.64. The fraction of sp³-hybridized carbons (Fsp3) is 0.667. The normalized spacial score (nSPS) is 11.4. The Bertz CT molecular complexity index is 569. The van der Waals surface area contributed by atoms with E-state index in [0.717, 1.165) is 34.7 Å². The molecule has 0 unspecified atom stereocenters. The molecule has 9 heteroatoms. The number of nitrogens with one attached hydrogen (secondary N) is 3. The third-order valence-electron chi connectivity index (χ3n) is 2.59. The molecule has 0 fully saturated rings. The van der Waals surface area contributed by atoms with E-state index in [1.165, 1.54) is 0 Å². The van der Waals surface area contributed by atoms with E-state index in [0.29, 0.717) is 6.54 Å². The number of carbonyl (C=O) groups excluding carboxylic acids is 1. The third-order valence-corrected chi connectivity index (χ3v) is 4.53. The van der Waals surface area contributed by atoms with Gasteiger partial charge in [0, 0.05) is 18.0 Å². The van der Waals surface area contributed by atoms with Crippen LogP contribution in [0.5, 0.6) is 0 Å². The predicted molar refractivity (Wildman–Crippen MR) is 83.9 cm³/mol. The van der Waals surface area contributed by atoms with Gasteiger partial charge in [0.05, 0.1) is 23.5 Å². The minimum absolute atomic E-state index is 0.173. The molecule has 0 atom stereocenters. The summed E-state index contributed by atoms with van der Waals surface area (Å²) < 4.78 is 24.0. The lowest BCUT2D eigenvalue weighted by Gasteiger charge is -2.07. The standard InChI is InChI=1S/C12H22N4O3S2/c1-4-5-11-16-9(2)10(20-11)8-14-12(17)13-6-7-15-21(3,18)19/h15H,4-8H2,1-3H3,(H2,13,14,17). The average Bonchev–Trinajstić information content (AvgIpc) is 2.72. The summed E-state index contributed by atoms with van der Waals surface area (Å²) >= 11 is 1.61. The Balaban J connectivity index is 2.29. The Morgan fingerprint density at radius 1 is 1.29 bits per heavy atom. The summed E-state index contributed by atoms with van der Waals surface area (Å²) in [6.45, 7) is 4.87. The van der Waals surface area contributed by atoms with E-state index in [-0.39, 0.29) is 19.1 Å². The van der Waals surface area contributed by atoms with Crippen LogP contribution < -0.4 is 15.4 Å². The molecule has 0 aliphatic rings. The van der Waals surface area contributed by atoms with Gasteiger partial charge in [-0.15, -0.1) is 11.3 Å². The highest BCUT2D eigenvalue weighted by atomic mass is 32.2. The lowest BCUT2D eigenvalue weighted by molar-refractivity contribution is 0.240. The smallest absolute Gasteiger partial charge is 0.315 e. The van der Waals surface area contributed by atoms with E-state index in [1.807, 2.05) is 6.92 Å². The van der Waals surface area contributed by atoms with E-state index < -0.39 is 10.0 Å². The van der Waals surface area contributed by atoms with E-state index in [9.17, 15) is 13.2 Å². The van der Waals surface area contributed by atoms with Gasteiger partial charge in [-0.2, -0.15) is 0 Å². The molecular weight excluding hydrogens is 312 g/mol. The SMILES string of the molecule is CCCc1nc(C)c(CNC(=O)NCCNS(C)(=O)=O)s1. The largest absolute Gasteiger partial charge is 0.337 e. The second kappa shape index (κ2) is 8.30. The summed E-state index contributed by atoms with van der Waals surface area (Å²) in [6, 6.07) is -0.324. The monoisotopic (exact) mass is 334 g/mol. The lowest BCUT2D eigenvalue weighted by Crippen LogP contribution is -2.39. The van der Waals surface area contributed by atoms with Crippen LogP contribution in [0.15, 0.2) is 0 Å². The highest BCUT2D eigenvalue weighted by Gasteiger charge is 2.08. The maximum atomic E-state index is 11.6. The van der Waals surface area contributed by atoms with Crippen LogP contribution in [0.2, 0.25) is 0 Å². The summed E-state index contributed by atoms with van der Waals surface area (Å²) in [5.41, 5.74) is 0.947. The van der Waals surface area contributed by atoms with Gasteiger partial charge in [-0.05, 0) is 19.8 Å². The number of sulfonamides is 1. The molecule has 21 heavy (non-hydrogen) atoms. The number of hydrogen-bond acceptors (Lipinski definition) is 5. The van der Waals surface area contributed by atoms with Gasteiger partial charge in [-0.3, -0.25) is 0 Å². The number of thiazole rings is 1. The molecular formula is C12H22N4O3S2. The van der Waals surface area contributed by atoms with Crippen molar-refractivity contribution < 1.29 is 13.2 Å². The summed E-state index contributed by atoms with van der Waals surface area (Å²) in [5, 5.41) is 6.41. The second-order valence-electron chi connectivity index (χ2n) is 4.64. The van der Waals surface area contributed by atoms with E-state index >= 15 is 0 Å². The van der Waals surface area contributed by atoms with Crippen LogP contribution in [0.1, 0.15) is 28.9 Å². The first-order valence-corrected chi connectivity index (χ1v) is 9.44. The van der Waals surface area contributed by atoms with E-state index in [1.54, 1.807) is 11.3 Å². The number of aromatic nitrogens is 1. The van der Waals surface area contributed by atoms with E-state index in [4.69, 9.17) is 0 Å². The van der Waals surface area contributed by atoms with Crippen LogP contribution >= 0.6 is 11.3 Å². The molecule has 0 aliphatic carbocycles. The van der Waals surface area contributed by atoms with Crippen molar-refractivity contribution in [2.75, 3.05) is 19.3 Å². The number of carbonyl (C=O) groups is 1. The number of nitrogens with zero attached hydrogens (tertiary/aromatic N) is 1. The summed E-state index contributed by atoms with van der Waals surface area (Å²) in [6.07, 6.45) is 3.08. The molecule has 0 bridgehead atoms. The fourth-order valence-corrected chi connectivity index (χ4v) is 3.19. The number of amides is 2. The van der Waals surface area contributed by atoms with Gasteiger partial charge in [-0.1, -0.05) is 6.92 Å². The van der Waals surface area contributed by atoms with Crippen molar-refractivity contribution in [1.29, 1.82) is 0 Å². The van der Waals surface area contributed by atoms with Crippen molar-refractivity contribution in [3.8, 4) is 0 Å². The van der Waals surface area contributed by atoms with Gasteiger partial charge < -0.3 is 10.6 Å². The van der Waals surface area contributed by atoms with Crippen LogP contribution in [0.4, 0.5) is 4.79 Å². The first-order chi connectivity index (χ1) is 9.81. The first-order valence-electron chi connectivity index (χ1n) is 6.73. The zero-order valence-corrected chi connectivity index (χ0v) is 14.2. The quantitative estimate of drug-likeness (QED) is 0.611. The number of rotatable bonds is 8. The van der Waals surface area contributed by atoms with Crippen molar-refractivity contribution >= 4 is 27.4 Å². The number of aryl methyl sites for hydroxylation is 2. The molecule has 0 saturated carbocycles. The Kier molecular flexibility index (Phi) is 7.06. The molecule has 1 rings (SSSR count). The van der Waals surface area contributed by atoms with Crippen LogP contribution in [-0.4, -0.2) is 38.8 Å². The highest BCUT2D eigenvalue weighted by Crippen LogP contribution is 2.18. The van der Waals surface area contributed by atoms with Crippen molar-refractivity contribution in [1.82, 2.24) is 20.3 Å². The first kappa shape index (κ1) is 17.9. The van der Waals surface area contributed by atoms with Crippen LogP contribution in [0.3, 0.4) is 0 Å². The maximum absolute atomic E-state index is 11.6. The topological polar surface area (TPSA) is 100 Å². The molecule has 0 aliphatic heterocycles. The minimum atomic E-state index is -3.21. The van der Waals surface area contributed by atoms with E-state index in [2.05, 4.69) is 27.3 Å². The van der Waals surface area contributed by atoms with Crippen LogP contribution in [0, 0.1) is 6.92 Å². The van der Waals surface area contributed by atoms with Crippen molar-refractivity contribution in [2.24, 2.45) is 0 Å². The predicted octanol–water partition coefficient (Wildman–Crippen LogP) is 0.752. The highest BCUT2D eigenvalue weighted by molar-refractivity contribution is 7.88. The third kappa shape index (κ3) is 7.39. The van der Waals surface area contributed by atoms with Crippen LogP contribution in [0.25, 0.3) is 0 Å². The zero-order valence-electron chi connectivity index (χ0n) is 12.5. The molecule has 3 N–H and O–H groups in total. The molecule has 2 amide bonds. The summed E-state index contributed by atoms with van der Waals surface area (Å²) in [7, 11) is -3.21. The Labute approximate surface area is 129 Å². The van der Waals surface area contributed by atoms with Gasteiger partial charge in [0.25, 0.3) is 0 Å². The Morgan fingerprint density at radius 2 is 2.00 bits per heavy atom. The minimum Gasteiger partial charge on any atom is -0.337 e. The summed E-state index contributed by atoms with van der Waals surface area (Å²) in [4.78, 5) is 17.1. The molecule has 1 aromatic heterocycles. The van der Waals surface area contributed by atoms with Crippen molar-refractivity contribution in [3.05, 3.63) is 15.6 Å².